The van der Waals surface area contributed by atoms with E-state index in [0.29, 0.717) is 6.04 Å². The molecule has 1 atom stereocenters. The summed E-state index contributed by atoms with van der Waals surface area (Å²) in [6.45, 7) is 5.57. The molecule has 0 saturated carbocycles. The first-order chi connectivity index (χ1) is 11.1. The average molecular weight is 324 g/mol. The molecule has 1 aliphatic heterocycles. The Morgan fingerprint density at radius 2 is 1.57 bits per heavy atom. The fraction of sp³-hybridized carbons (Fsp3) is 0.381. The van der Waals surface area contributed by atoms with Gasteiger partial charge >= 0.3 is 0 Å². The van der Waals surface area contributed by atoms with Gasteiger partial charge in [-0.1, -0.05) is 72.9 Å². The molecule has 0 aliphatic carbocycles. The van der Waals surface area contributed by atoms with Gasteiger partial charge in [0, 0.05) is 12.0 Å². The van der Waals surface area contributed by atoms with E-state index in [9.17, 15) is 0 Å². The van der Waals surface area contributed by atoms with Crippen LogP contribution in [0.15, 0.2) is 60.7 Å². The maximum absolute atomic E-state index is 6.00. The predicted octanol–water partition coefficient (Wildman–Crippen LogP) is 5.52. The third kappa shape index (κ3) is 3.32. The highest BCUT2D eigenvalue weighted by molar-refractivity contribution is 7.80. The molecule has 1 heterocycles. The molecule has 0 aromatic heterocycles. The third-order valence-electron chi connectivity index (χ3n) is 4.98. The molecule has 0 bridgehead atoms. The Kier molecular flexibility index (Phi) is 4.82. The van der Waals surface area contributed by atoms with Gasteiger partial charge in [-0.15, -0.1) is 0 Å². The van der Waals surface area contributed by atoms with Gasteiger partial charge in [0.1, 0.15) is 0 Å². The second-order valence-corrected chi connectivity index (χ2v) is 7.30. The Morgan fingerprint density at radius 1 is 0.957 bits per heavy atom. The van der Waals surface area contributed by atoms with Gasteiger partial charge in [0.2, 0.25) is 0 Å². The maximum atomic E-state index is 6.00. The molecule has 120 valence electrons. The molecule has 1 saturated heterocycles. The highest BCUT2D eigenvalue weighted by atomic mass is 32.1. The van der Waals surface area contributed by atoms with E-state index in [1.165, 1.54) is 30.4 Å². The summed E-state index contributed by atoms with van der Waals surface area (Å²) in [6.07, 6.45) is 3.70. The van der Waals surface area contributed by atoms with E-state index in [4.69, 9.17) is 12.2 Å². The molecule has 2 aromatic rings. The molecule has 1 aliphatic rings. The quantitative estimate of drug-likeness (QED) is 0.684. The fourth-order valence-corrected chi connectivity index (χ4v) is 3.87. The molecule has 0 radical (unpaired) electrons. The minimum Gasteiger partial charge on any atom is -0.358 e. The van der Waals surface area contributed by atoms with Crippen LogP contribution >= 0.6 is 12.2 Å². The standard InChI is InChI=1S/C21H25NS/c1-21(2,18-13-7-4-8-14-18)20(23)22-16-10-9-15-19(22)17-11-5-3-6-12-17/h3-8,11-14,19H,9-10,15-16H2,1-2H3/t19-/m1/s1. The molecule has 0 spiro atoms. The van der Waals surface area contributed by atoms with Crippen molar-refractivity contribution in [2.24, 2.45) is 0 Å². The monoisotopic (exact) mass is 323 g/mol. The molecule has 0 amide bonds. The van der Waals surface area contributed by atoms with E-state index >= 15 is 0 Å². The molecule has 1 nitrogen and oxygen atoms in total. The molecule has 1 fully saturated rings. The fourth-order valence-electron chi connectivity index (χ4n) is 3.53. The van der Waals surface area contributed by atoms with Crippen molar-refractivity contribution >= 4 is 17.2 Å². The van der Waals surface area contributed by atoms with Crippen LogP contribution in [0.5, 0.6) is 0 Å². The van der Waals surface area contributed by atoms with Crippen LogP contribution < -0.4 is 0 Å². The highest BCUT2D eigenvalue weighted by Gasteiger charge is 2.34. The smallest absolute Gasteiger partial charge is 0.0886 e. The van der Waals surface area contributed by atoms with Gasteiger partial charge in [-0.25, -0.2) is 0 Å². The van der Waals surface area contributed by atoms with Crippen LogP contribution in [0.3, 0.4) is 0 Å². The Balaban J connectivity index is 1.90. The van der Waals surface area contributed by atoms with E-state index in [1.54, 1.807) is 0 Å². The average Bonchev–Trinajstić information content (AvgIpc) is 2.62. The maximum Gasteiger partial charge on any atom is 0.0886 e. The van der Waals surface area contributed by atoms with Crippen LogP contribution in [0.2, 0.25) is 0 Å². The van der Waals surface area contributed by atoms with E-state index in [-0.39, 0.29) is 5.41 Å². The van der Waals surface area contributed by atoms with Crippen LogP contribution in [-0.2, 0) is 5.41 Å². The SMILES string of the molecule is CC(C)(C(=S)N1CCCC[C@@H]1c1ccccc1)c1ccccc1. The van der Waals surface area contributed by atoms with Gasteiger partial charge in [0.05, 0.1) is 11.0 Å². The number of hydrogen-bond acceptors (Lipinski definition) is 1. The summed E-state index contributed by atoms with van der Waals surface area (Å²) >= 11 is 6.00. The highest BCUT2D eigenvalue weighted by Crippen LogP contribution is 2.36. The molecular formula is C21H25NS. The Morgan fingerprint density at radius 3 is 2.22 bits per heavy atom. The van der Waals surface area contributed by atoms with Crippen LogP contribution in [0.4, 0.5) is 0 Å². The van der Waals surface area contributed by atoms with Gasteiger partial charge in [0.25, 0.3) is 0 Å². The number of benzene rings is 2. The van der Waals surface area contributed by atoms with Crippen molar-refractivity contribution in [1.82, 2.24) is 4.90 Å². The number of hydrogen-bond donors (Lipinski definition) is 0. The van der Waals surface area contributed by atoms with E-state index in [1.807, 2.05) is 0 Å². The lowest BCUT2D eigenvalue weighted by molar-refractivity contribution is 0.237. The van der Waals surface area contributed by atoms with E-state index in [0.717, 1.165) is 11.5 Å². The summed E-state index contributed by atoms with van der Waals surface area (Å²) in [5.74, 6) is 0. The molecule has 23 heavy (non-hydrogen) atoms. The first-order valence-electron chi connectivity index (χ1n) is 8.52. The molecule has 2 aromatic carbocycles. The first-order valence-corrected chi connectivity index (χ1v) is 8.93. The lowest BCUT2D eigenvalue weighted by Crippen LogP contribution is -2.46. The van der Waals surface area contributed by atoms with Crippen molar-refractivity contribution in [3.8, 4) is 0 Å². The van der Waals surface area contributed by atoms with Gasteiger partial charge in [0.15, 0.2) is 0 Å². The van der Waals surface area contributed by atoms with Gasteiger partial charge < -0.3 is 4.90 Å². The summed E-state index contributed by atoms with van der Waals surface area (Å²) in [6, 6.07) is 21.9. The van der Waals surface area contributed by atoms with E-state index in [2.05, 4.69) is 79.4 Å². The van der Waals surface area contributed by atoms with Crippen molar-refractivity contribution < 1.29 is 0 Å². The minimum atomic E-state index is -0.124. The summed E-state index contributed by atoms with van der Waals surface area (Å²) in [5.41, 5.74) is 2.56. The number of thiocarbonyl (C=S) groups is 1. The van der Waals surface area contributed by atoms with Crippen molar-refractivity contribution in [2.75, 3.05) is 6.54 Å². The summed E-state index contributed by atoms with van der Waals surface area (Å²) in [7, 11) is 0. The topological polar surface area (TPSA) is 3.24 Å². The first kappa shape index (κ1) is 16.2. The Bertz CT molecular complexity index is 648. The largest absolute Gasteiger partial charge is 0.358 e. The summed E-state index contributed by atoms with van der Waals surface area (Å²) < 4.78 is 0. The molecule has 0 N–H and O–H groups in total. The van der Waals surface area contributed by atoms with Crippen molar-refractivity contribution in [3.63, 3.8) is 0 Å². The van der Waals surface area contributed by atoms with E-state index < -0.39 is 0 Å². The van der Waals surface area contributed by atoms with Crippen LogP contribution in [-0.4, -0.2) is 16.4 Å². The zero-order valence-electron chi connectivity index (χ0n) is 14.0. The lowest BCUT2D eigenvalue weighted by atomic mass is 9.82. The number of likely N-dealkylation sites (tertiary alicyclic amines) is 1. The van der Waals surface area contributed by atoms with Gasteiger partial charge in [-0.2, -0.15) is 0 Å². The van der Waals surface area contributed by atoms with Crippen LogP contribution in [0, 0.1) is 0 Å². The molecular weight excluding hydrogens is 298 g/mol. The zero-order chi connectivity index (χ0) is 16.3. The van der Waals surface area contributed by atoms with Crippen molar-refractivity contribution in [3.05, 3.63) is 71.8 Å². The number of rotatable bonds is 3. The number of piperidine rings is 1. The van der Waals surface area contributed by atoms with Crippen molar-refractivity contribution in [2.45, 2.75) is 44.6 Å². The normalized spacial score (nSPS) is 18.7. The van der Waals surface area contributed by atoms with Crippen molar-refractivity contribution in [1.29, 1.82) is 0 Å². The summed E-state index contributed by atoms with van der Waals surface area (Å²) in [5, 5.41) is 0. The molecule has 2 heteroatoms. The zero-order valence-corrected chi connectivity index (χ0v) is 14.9. The van der Waals surface area contributed by atoms with Crippen LogP contribution in [0.25, 0.3) is 0 Å². The van der Waals surface area contributed by atoms with Gasteiger partial charge in [-0.05, 0) is 44.2 Å². The molecule has 3 rings (SSSR count). The molecule has 0 unspecified atom stereocenters. The minimum absolute atomic E-state index is 0.124. The van der Waals surface area contributed by atoms with Gasteiger partial charge in [-0.3, -0.25) is 0 Å². The third-order valence-corrected chi connectivity index (χ3v) is 5.72. The summed E-state index contributed by atoms with van der Waals surface area (Å²) in [4.78, 5) is 3.54. The predicted molar refractivity (Wildman–Crippen MR) is 102 cm³/mol. The Hall–Kier alpha value is -1.67. The lowest BCUT2D eigenvalue weighted by Gasteiger charge is -2.43. The van der Waals surface area contributed by atoms with Crippen LogP contribution in [0.1, 0.15) is 50.3 Å². The number of nitrogens with zero attached hydrogens (tertiary/aromatic N) is 1. The second kappa shape index (κ2) is 6.84. The second-order valence-electron chi connectivity index (χ2n) is 6.91. The Labute approximate surface area is 145 Å².